The number of methoxy groups -OCH3 is 1. The number of ether oxygens (including phenoxy) is 2. The van der Waals surface area contributed by atoms with Crippen LogP contribution < -0.4 is 20.1 Å². The number of aryl methyl sites for hydroxylation is 1. The van der Waals surface area contributed by atoms with Crippen molar-refractivity contribution in [1.29, 1.82) is 0 Å². The van der Waals surface area contributed by atoms with Gasteiger partial charge in [0.15, 0.2) is 17.0 Å². The molecule has 1 saturated heterocycles. The first-order valence-corrected chi connectivity index (χ1v) is 13.4. The molecule has 0 spiro atoms. The molecule has 1 heterocycles. The van der Waals surface area contributed by atoms with E-state index in [9.17, 15) is 4.79 Å². The van der Waals surface area contributed by atoms with Gasteiger partial charge in [0, 0.05) is 15.7 Å². The minimum atomic E-state index is -0.237. The fourth-order valence-electron chi connectivity index (χ4n) is 3.83. The molecule has 2 N–H and O–H groups in total. The number of carbonyl (C=O) groups excluding carboxylic acids is 1. The fraction of sp³-hybridized carbons (Fsp3) is 0.207. The SMILES string of the molecule is C=CCc1cc(/C=C2\S[C@@H](Nc3ccc(CC)cc3)NC2=O)cc(OC)c1OCc1ccc(Br)cc1. The summed E-state index contributed by atoms with van der Waals surface area (Å²) in [5, 5.41) is 6.36. The molecule has 7 heteroatoms. The molecule has 4 rings (SSSR count). The van der Waals surface area contributed by atoms with Crippen molar-refractivity contribution in [3.05, 3.63) is 105 Å². The smallest absolute Gasteiger partial charge is 0.260 e. The number of rotatable bonds is 10. The lowest BCUT2D eigenvalue weighted by Gasteiger charge is -2.16. The van der Waals surface area contributed by atoms with Gasteiger partial charge in [0.2, 0.25) is 0 Å². The highest BCUT2D eigenvalue weighted by atomic mass is 79.9. The number of allylic oxidation sites excluding steroid dienone is 1. The van der Waals surface area contributed by atoms with E-state index in [1.807, 2.05) is 60.7 Å². The van der Waals surface area contributed by atoms with Crippen molar-refractivity contribution in [2.45, 2.75) is 31.9 Å². The summed E-state index contributed by atoms with van der Waals surface area (Å²) < 4.78 is 12.9. The van der Waals surface area contributed by atoms with E-state index in [2.05, 4.69) is 52.2 Å². The van der Waals surface area contributed by atoms with E-state index in [0.717, 1.165) is 33.3 Å². The summed E-state index contributed by atoms with van der Waals surface area (Å²) in [6.07, 6.45) is 5.32. The monoisotopic (exact) mass is 564 g/mol. The Morgan fingerprint density at radius 2 is 1.83 bits per heavy atom. The van der Waals surface area contributed by atoms with Crippen molar-refractivity contribution >= 4 is 45.4 Å². The molecular formula is C29H29BrN2O3S. The van der Waals surface area contributed by atoms with Crippen LogP contribution in [0.1, 0.15) is 29.2 Å². The van der Waals surface area contributed by atoms with Crippen LogP contribution in [0.25, 0.3) is 6.08 Å². The van der Waals surface area contributed by atoms with E-state index < -0.39 is 0 Å². The van der Waals surface area contributed by atoms with Crippen LogP contribution in [-0.4, -0.2) is 18.5 Å². The molecule has 0 unspecified atom stereocenters. The van der Waals surface area contributed by atoms with Crippen molar-refractivity contribution in [2.24, 2.45) is 0 Å². The second kappa shape index (κ2) is 12.2. The summed E-state index contributed by atoms with van der Waals surface area (Å²) in [6, 6.07) is 20.2. The van der Waals surface area contributed by atoms with Gasteiger partial charge in [-0.25, -0.2) is 0 Å². The average Bonchev–Trinajstić information content (AvgIpc) is 3.22. The zero-order valence-corrected chi connectivity index (χ0v) is 22.7. The number of amides is 1. The molecule has 0 bridgehead atoms. The standard InChI is InChI=1S/C29H29BrN2O3S/c1-4-6-22-15-21(16-25(34-3)27(22)35-18-20-7-11-23(30)12-8-20)17-26-28(33)32-29(36-26)31-24-13-9-19(5-2)10-14-24/h4,7-17,29,31H,1,5-6,18H2,2-3H3,(H,32,33)/b26-17-/t29-/m0/s1. The zero-order chi connectivity index (χ0) is 25.5. The number of halogens is 1. The van der Waals surface area contributed by atoms with Crippen molar-refractivity contribution in [3.8, 4) is 11.5 Å². The number of anilines is 1. The van der Waals surface area contributed by atoms with Crippen molar-refractivity contribution < 1.29 is 14.3 Å². The molecule has 0 saturated carbocycles. The Hall–Kier alpha value is -3.16. The van der Waals surface area contributed by atoms with Crippen molar-refractivity contribution in [2.75, 3.05) is 12.4 Å². The number of benzene rings is 3. The van der Waals surface area contributed by atoms with Crippen LogP contribution >= 0.6 is 27.7 Å². The zero-order valence-electron chi connectivity index (χ0n) is 20.3. The molecular weight excluding hydrogens is 536 g/mol. The maximum Gasteiger partial charge on any atom is 0.260 e. The minimum Gasteiger partial charge on any atom is -0.493 e. The summed E-state index contributed by atoms with van der Waals surface area (Å²) >= 11 is 4.92. The van der Waals surface area contributed by atoms with Crippen molar-refractivity contribution in [3.63, 3.8) is 0 Å². The third-order valence-corrected chi connectivity index (χ3v) is 7.28. The first-order valence-electron chi connectivity index (χ1n) is 11.7. The van der Waals surface area contributed by atoms with Gasteiger partial charge in [-0.05, 0) is 72.0 Å². The van der Waals surface area contributed by atoms with Crippen LogP contribution in [-0.2, 0) is 24.2 Å². The quantitative estimate of drug-likeness (QED) is 0.206. The van der Waals surface area contributed by atoms with Crippen LogP contribution in [0, 0.1) is 0 Å². The molecule has 1 atom stereocenters. The van der Waals surface area contributed by atoms with Crippen LogP contribution in [0.5, 0.6) is 11.5 Å². The van der Waals surface area contributed by atoms with Gasteiger partial charge >= 0.3 is 0 Å². The lowest BCUT2D eigenvalue weighted by molar-refractivity contribution is -0.116. The van der Waals surface area contributed by atoms with E-state index in [4.69, 9.17) is 9.47 Å². The molecule has 1 aliphatic rings. The molecule has 1 aliphatic heterocycles. The normalized spacial score (nSPS) is 16.0. The second-order valence-electron chi connectivity index (χ2n) is 8.29. The summed E-state index contributed by atoms with van der Waals surface area (Å²) in [4.78, 5) is 13.3. The van der Waals surface area contributed by atoms with E-state index in [1.165, 1.54) is 17.3 Å². The Morgan fingerprint density at radius 1 is 1.11 bits per heavy atom. The molecule has 1 amide bonds. The highest BCUT2D eigenvalue weighted by Gasteiger charge is 2.27. The topological polar surface area (TPSA) is 59.6 Å². The summed E-state index contributed by atoms with van der Waals surface area (Å²) in [6.45, 7) is 6.44. The van der Waals surface area contributed by atoms with E-state index in [-0.39, 0.29) is 11.4 Å². The average molecular weight is 566 g/mol. The van der Waals surface area contributed by atoms with Gasteiger partial charge < -0.3 is 20.1 Å². The summed E-state index contributed by atoms with van der Waals surface area (Å²) in [5.41, 5.74) is 4.87. The van der Waals surface area contributed by atoms with E-state index in [1.54, 1.807) is 7.11 Å². The highest BCUT2D eigenvalue weighted by molar-refractivity contribution is 9.10. The van der Waals surface area contributed by atoms with E-state index in [0.29, 0.717) is 29.4 Å². The molecule has 0 aliphatic carbocycles. The van der Waals surface area contributed by atoms with Gasteiger partial charge in [-0.2, -0.15) is 0 Å². The second-order valence-corrected chi connectivity index (χ2v) is 10.4. The van der Waals surface area contributed by atoms with Gasteiger partial charge in [-0.1, -0.05) is 65.0 Å². The number of hydrogen-bond acceptors (Lipinski definition) is 5. The highest BCUT2D eigenvalue weighted by Crippen LogP contribution is 2.37. The number of thioether (sulfide) groups is 1. The Balaban J connectivity index is 1.52. The van der Waals surface area contributed by atoms with E-state index >= 15 is 0 Å². The lowest BCUT2D eigenvalue weighted by atomic mass is 10.0. The molecule has 186 valence electrons. The van der Waals surface area contributed by atoms with Gasteiger partial charge in [0.05, 0.1) is 12.0 Å². The summed E-state index contributed by atoms with van der Waals surface area (Å²) in [5.74, 6) is 1.19. The first kappa shape index (κ1) is 25.9. The molecule has 36 heavy (non-hydrogen) atoms. The van der Waals surface area contributed by atoms with Gasteiger partial charge in [0.25, 0.3) is 5.91 Å². The molecule has 3 aromatic carbocycles. The van der Waals surface area contributed by atoms with Crippen LogP contribution in [0.15, 0.2) is 82.7 Å². The predicted octanol–water partition coefficient (Wildman–Crippen LogP) is 6.93. The molecule has 1 fully saturated rings. The first-order chi connectivity index (χ1) is 17.5. The predicted molar refractivity (Wildman–Crippen MR) is 152 cm³/mol. The van der Waals surface area contributed by atoms with Gasteiger partial charge in [-0.3, -0.25) is 4.79 Å². The molecule has 5 nitrogen and oxygen atoms in total. The van der Waals surface area contributed by atoms with Gasteiger partial charge in [-0.15, -0.1) is 6.58 Å². The lowest BCUT2D eigenvalue weighted by Crippen LogP contribution is -2.30. The Kier molecular flexibility index (Phi) is 8.78. The molecule has 3 aromatic rings. The third-order valence-electron chi connectivity index (χ3n) is 5.72. The number of carbonyl (C=O) groups is 1. The Bertz CT molecular complexity index is 1260. The number of nitrogens with one attached hydrogen (secondary N) is 2. The maximum absolute atomic E-state index is 12.7. The largest absolute Gasteiger partial charge is 0.493 e. The Labute approximate surface area is 225 Å². The third kappa shape index (κ3) is 6.53. The van der Waals surface area contributed by atoms with Crippen molar-refractivity contribution in [1.82, 2.24) is 5.32 Å². The Morgan fingerprint density at radius 3 is 2.50 bits per heavy atom. The molecule has 0 radical (unpaired) electrons. The minimum absolute atomic E-state index is 0.109. The number of hydrogen-bond donors (Lipinski definition) is 2. The van der Waals surface area contributed by atoms with Crippen LogP contribution in [0.3, 0.4) is 0 Å². The van der Waals surface area contributed by atoms with Crippen LogP contribution in [0.2, 0.25) is 0 Å². The summed E-state index contributed by atoms with van der Waals surface area (Å²) in [7, 11) is 1.62. The molecule has 0 aromatic heterocycles. The maximum atomic E-state index is 12.7. The van der Waals surface area contributed by atoms with Gasteiger partial charge in [0.1, 0.15) is 6.61 Å². The van der Waals surface area contributed by atoms with Crippen LogP contribution in [0.4, 0.5) is 5.69 Å². The fourth-order valence-corrected chi connectivity index (χ4v) is 5.08.